The van der Waals surface area contributed by atoms with Crippen molar-refractivity contribution >= 4 is 28.7 Å². The number of hydrogen-bond donors (Lipinski definition) is 1. The lowest BCUT2D eigenvalue weighted by Gasteiger charge is -2.14. The standard InChI is InChI=1S/C25H30N4O6S/c1-17(16-36-25(31)19-9-7-6-8-10-19)24(30)26-22-15-29(27-35-22)28(2)12-11-18-13-20(32-3)23(34-5)21(14-18)33-4/h6-10,13-15,17H,11-12,16H2,1-5H3/p+1/t17-/m1/s1. The molecule has 10 nitrogen and oxygen atoms in total. The van der Waals surface area contributed by atoms with Gasteiger partial charge >= 0.3 is 5.88 Å². The van der Waals surface area contributed by atoms with Crippen LogP contribution in [0.25, 0.3) is 0 Å². The third-order valence-electron chi connectivity index (χ3n) is 5.42. The van der Waals surface area contributed by atoms with Crippen molar-refractivity contribution in [2.75, 3.05) is 51.0 Å². The van der Waals surface area contributed by atoms with E-state index in [1.165, 1.54) is 4.79 Å². The molecule has 1 heterocycles. The van der Waals surface area contributed by atoms with Crippen LogP contribution in [-0.4, -0.2) is 57.0 Å². The summed E-state index contributed by atoms with van der Waals surface area (Å²) >= 11 is 1.11. The van der Waals surface area contributed by atoms with Crippen LogP contribution in [-0.2, 0) is 11.2 Å². The summed E-state index contributed by atoms with van der Waals surface area (Å²) in [7, 11) is 6.57. The van der Waals surface area contributed by atoms with Crippen LogP contribution in [0.5, 0.6) is 17.2 Å². The molecular weight excluding hydrogens is 484 g/mol. The minimum absolute atomic E-state index is 0.0681. The largest absolute Gasteiger partial charge is 0.493 e. The average molecular weight is 516 g/mol. The summed E-state index contributed by atoms with van der Waals surface area (Å²) in [5, 5.41) is 8.45. The summed E-state index contributed by atoms with van der Waals surface area (Å²) < 4.78 is 21.5. The SMILES string of the molecule is COc1cc(CCN(C)[n+]2cc(NC(=O)[C@H](C)CSC(=O)c3ccccc3)on2)cc(OC)c1OC. The fraction of sp³-hybridized carbons (Fsp3) is 0.360. The zero-order valence-corrected chi connectivity index (χ0v) is 21.8. The zero-order valence-electron chi connectivity index (χ0n) is 21.0. The summed E-state index contributed by atoms with van der Waals surface area (Å²) in [4.78, 5) is 26.3. The van der Waals surface area contributed by atoms with Crippen molar-refractivity contribution in [3.05, 3.63) is 59.8 Å². The first-order chi connectivity index (χ1) is 17.4. The highest BCUT2D eigenvalue weighted by Crippen LogP contribution is 2.38. The predicted molar refractivity (Wildman–Crippen MR) is 137 cm³/mol. The molecular formula is C25H31N4O6S+. The quantitative estimate of drug-likeness (QED) is 0.364. The second-order valence-electron chi connectivity index (χ2n) is 8.01. The maximum atomic E-state index is 12.5. The number of aromatic nitrogens is 2. The Balaban J connectivity index is 1.52. The first-order valence-corrected chi connectivity index (χ1v) is 12.3. The number of carbonyl (C=O) groups is 2. The molecule has 1 amide bonds. The Bertz CT molecular complexity index is 1150. The molecule has 0 aliphatic heterocycles. The minimum atomic E-state index is -0.404. The first kappa shape index (κ1) is 26.9. The van der Waals surface area contributed by atoms with Gasteiger partial charge in [0.2, 0.25) is 22.0 Å². The smallest absolute Gasteiger partial charge is 0.305 e. The fourth-order valence-corrected chi connectivity index (χ4v) is 4.16. The maximum absolute atomic E-state index is 12.5. The van der Waals surface area contributed by atoms with Gasteiger partial charge in [0.25, 0.3) is 6.20 Å². The number of rotatable bonds is 12. The molecule has 0 aliphatic carbocycles. The molecule has 0 fully saturated rings. The number of nitrogens with zero attached hydrogens (tertiary/aromatic N) is 3. The van der Waals surface area contributed by atoms with Gasteiger partial charge in [-0.3, -0.25) is 19.4 Å². The molecule has 11 heteroatoms. The lowest BCUT2D eigenvalue weighted by Crippen LogP contribution is -2.57. The van der Waals surface area contributed by atoms with E-state index in [0.717, 1.165) is 17.3 Å². The molecule has 2 aromatic carbocycles. The van der Waals surface area contributed by atoms with Crippen molar-refractivity contribution in [3.8, 4) is 17.2 Å². The van der Waals surface area contributed by atoms with Crippen LogP contribution < -0.4 is 29.3 Å². The van der Waals surface area contributed by atoms with Gasteiger partial charge < -0.3 is 14.2 Å². The topological polar surface area (TPSA) is 107 Å². The number of methoxy groups -OCH3 is 3. The number of benzene rings is 2. The molecule has 0 radical (unpaired) electrons. The Kier molecular flexibility index (Phi) is 9.57. The molecule has 0 aliphatic rings. The van der Waals surface area contributed by atoms with E-state index in [0.29, 0.717) is 41.5 Å². The number of amides is 1. The Hall–Kier alpha value is -3.73. The highest BCUT2D eigenvalue weighted by Gasteiger charge is 2.22. The molecule has 1 aromatic heterocycles. The first-order valence-electron chi connectivity index (χ1n) is 11.3. The Morgan fingerprint density at radius 2 is 1.78 bits per heavy atom. The van der Waals surface area contributed by atoms with Crippen LogP contribution in [0.2, 0.25) is 0 Å². The summed E-state index contributed by atoms with van der Waals surface area (Å²) in [5.74, 6) is 1.62. The Morgan fingerprint density at radius 3 is 2.39 bits per heavy atom. The monoisotopic (exact) mass is 515 g/mol. The lowest BCUT2D eigenvalue weighted by atomic mass is 10.1. The second-order valence-corrected chi connectivity index (χ2v) is 9.00. The number of anilines is 1. The number of nitrogens with one attached hydrogen (secondary N) is 1. The number of hydrogen-bond acceptors (Lipinski definition) is 9. The van der Waals surface area contributed by atoms with E-state index in [2.05, 4.69) is 10.6 Å². The van der Waals surface area contributed by atoms with Gasteiger partial charge in [-0.15, -0.1) is 0 Å². The maximum Gasteiger partial charge on any atom is 0.305 e. The number of likely N-dealkylation sites (N-methyl/N-ethyl adjacent to an activating group) is 1. The van der Waals surface area contributed by atoms with Gasteiger partial charge in [-0.1, -0.05) is 49.0 Å². The molecule has 1 atom stereocenters. The molecule has 192 valence electrons. The summed E-state index contributed by atoms with van der Waals surface area (Å²) in [6.07, 6.45) is 2.25. The van der Waals surface area contributed by atoms with Gasteiger partial charge in [0.05, 0.1) is 39.7 Å². The van der Waals surface area contributed by atoms with Gasteiger partial charge in [-0.2, -0.15) is 5.01 Å². The van der Waals surface area contributed by atoms with Crippen molar-refractivity contribution < 1.29 is 33.1 Å². The van der Waals surface area contributed by atoms with Crippen molar-refractivity contribution in [3.63, 3.8) is 0 Å². The molecule has 0 saturated heterocycles. The molecule has 3 rings (SSSR count). The Labute approximate surface area is 214 Å². The van der Waals surface area contributed by atoms with Crippen LogP contribution in [0.3, 0.4) is 0 Å². The van der Waals surface area contributed by atoms with Gasteiger partial charge in [-0.25, -0.2) is 0 Å². The molecule has 0 unspecified atom stereocenters. The van der Waals surface area contributed by atoms with Gasteiger partial charge in [0.15, 0.2) is 11.5 Å². The van der Waals surface area contributed by atoms with Crippen LogP contribution in [0.1, 0.15) is 22.8 Å². The summed E-state index contributed by atoms with van der Waals surface area (Å²) in [6.45, 7) is 2.35. The van der Waals surface area contributed by atoms with E-state index in [4.69, 9.17) is 18.7 Å². The summed E-state index contributed by atoms with van der Waals surface area (Å²) in [6, 6.07) is 12.8. The Morgan fingerprint density at radius 1 is 1.11 bits per heavy atom. The van der Waals surface area contributed by atoms with Crippen LogP contribution in [0.4, 0.5) is 5.88 Å². The van der Waals surface area contributed by atoms with E-state index in [1.54, 1.807) is 46.6 Å². The number of carbonyl (C=O) groups excluding carboxylic acids is 2. The molecule has 3 aromatic rings. The van der Waals surface area contributed by atoms with Crippen molar-refractivity contribution in [1.82, 2.24) is 5.27 Å². The second kappa shape index (κ2) is 12.8. The minimum Gasteiger partial charge on any atom is -0.493 e. The molecule has 0 spiro atoms. The van der Waals surface area contributed by atoms with E-state index < -0.39 is 5.92 Å². The molecule has 0 bridgehead atoms. The molecule has 1 N–H and O–H groups in total. The highest BCUT2D eigenvalue weighted by molar-refractivity contribution is 8.14. The highest BCUT2D eigenvalue weighted by atomic mass is 32.2. The van der Waals surface area contributed by atoms with Gasteiger partial charge in [0, 0.05) is 17.2 Å². The number of thioether (sulfide) groups is 1. The van der Waals surface area contributed by atoms with E-state index >= 15 is 0 Å². The van der Waals surface area contributed by atoms with Crippen LogP contribution >= 0.6 is 11.8 Å². The molecule has 0 saturated carbocycles. The van der Waals surface area contributed by atoms with Gasteiger partial charge in [-0.05, 0) is 24.1 Å². The van der Waals surface area contributed by atoms with E-state index in [-0.39, 0.29) is 16.9 Å². The summed E-state index contributed by atoms with van der Waals surface area (Å²) in [5.41, 5.74) is 1.60. The zero-order chi connectivity index (χ0) is 26.1. The van der Waals surface area contributed by atoms with Crippen LogP contribution in [0, 0.1) is 5.92 Å². The number of ether oxygens (including phenoxy) is 3. The third-order valence-corrected chi connectivity index (χ3v) is 6.59. The van der Waals surface area contributed by atoms with Crippen molar-refractivity contribution in [1.29, 1.82) is 0 Å². The van der Waals surface area contributed by atoms with E-state index in [1.807, 2.05) is 42.4 Å². The average Bonchev–Trinajstić information content (AvgIpc) is 3.38. The van der Waals surface area contributed by atoms with Crippen molar-refractivity contribution in [2.45, 2.75) is 13.3 Å². The van der Waals surface area contributed by atoms with Gasteiger partial charge in [0.1, 0.15) is 0 Å². The normalized spacial score (nSPS) is 11.5. The van der Waals surface area contributed by atoms with Crippen LogP contribution in [0.15, 0.2) is 53.2 Å². The lowest BCUT2D eigenvalue weighted by molar-refractivity contribution is -0.755. The predicted octanol–water partition coefficient (Wildman–Crippen LogP) is 2.95. The van der Waals surface area contributed by atoms with E-state index in [9.17, 15) is 9.59 Å². The fourth-order valence-electron chi connectivity index (χ4n) is 3.31. The van der Waals surface area contributed by atoms with Crippen molar-refractivity contribution in [2.24, 2.45) is 5.92 Å². The third kappa shape index (κ3) is 6.91. The molecule has 36 heavy (non-hydrogen) atoms.